The van der Waals surface area contributed by atoms with Crippen molar-refractivity contribution in [3.8, 4) is 16.9 Å². The van der Waals surface area contributed by atoms with E-state index in [-0.39, 0.29) is 5.41 Å². The maximum atomic E-state index is 10.7. The molecule has 126 valence electrons. The van der Waals surface area contributed by atoms with Crippen molar-refractivity contribution in [1.29, 1.82) is 0 Å². The van der Waals surface area contributed by atoms with Gasteiger partial charge in [0.1, 0.15) is 5.75 Å². The summed E-state index contributed by atoms with van der Waals surface area (Å²) in [6, 6.07) is 26.5. The SMILES string of the molecule is CC1(c2ccccc2)c2cc(Cl)ccc2-c2c1cc(O)c1ccccc21. The highest BCUT2D eigenvalue weighted by atomic mass is 35.5. The fourth-order valence-electron chi connectivity index (χ4n) is 4.42. The zero-order valence-corrected chi connectivity index (χ0v) is 15.1. The number of hydrogen-bond acceptors (Lipinski definition) is 1. The molecular weight excluding hydrogens is 340 g/mol. The summed E-state index contributed by atoms with van der Waals surface area (Å²) in [5, 5.41) is 13.4. The van der Waals surface area contributed by atoms with Crippen LogP contribution in [0, 0.1) is 0 Å². The highest BCUT2D eigenvalue weighted by Crippen LogP contribution is 2.56. The third kappa shape index (κ3) is 1.92. The van der Waals surface area contributed by atoms with E-state index < -0.39 is 0 Å². The largest absolute Gasteiger partial charge is 0.507 e. The van der Waals surface area contributed by atoms with Crippen LogP contribution in [-0.2, 0) is 5.41 Å². The molecule has 1 nitrogen and oxygen atoms in total. The van der Waals surface area contributed by atoms with Gasteiger partial charge in [-0.3, -0.25) is 0 Å². The monoisotopic (exact) mass is 356 g/mol. The summed E-state index contributed by atoms with van der Waals surface area (Å²) in [4.78, 5) is 0. The van der Waals surface area contributed by atoms with E-state index in [0.717, 1.165) is 21.4 Å². The van der Waals surface area contributed by atoms with Gasteiger partial charge in [-0.2, -0.15) is 0 Å². The zero-order chi connectivity index (χ0) is 17.9. The maximum Gasteiger partial charge on any atom is 0.123 e. The van der Waals surface area contributed by atoms with Crippen molar-refractivity contribution >= 4 is 22.4 Å². The standard InChI is InChI=1S/C24H17ClO/c1-24(15-7-3-2-4-8-15)20-13-16(25)11-12-19(20)23-18-10-6-5-9-17(18)22(26)14-21(23)24/h2-14,26H,1H3. The van der Waals surface area contributed by atoms with Gasteiger partial charge in [0.05, 0.1) is 0 Å². The van der Waals surface area contributed by atoms with Gasteiger partial charge in [-0.15, -0.1) is 0 Å². The van der Waals surface area contributed by atoms with Crippen LogP contribution in [0.1, 0.15) is 23.6 Å². The molecule has 0 saturated carbocycles. The number of rotatable bonds is 1. The fourth-order valence-corrected chi connectivity index (χ4v) is 4.59. The first kappa shape index (κ1) is 15.5. The van der Waals surface area contributed by atoms with Crippen molar-refractivity contribution < 1.29 is 5.11 Å². The van der Waals surface area contributed by atoms with E-state index >= 15 is 0 Å². The number of halogens is 1. The Morgan fingerprint density at radius 1 is 0.769 bits per heavy atom. The van der Waals surface area contributed by atoms with Gasteiger partial charge < -0.3 is 5.11 Å². The Morgan fingerprint density at radius 3 is 2.23 bits per heavy atom. The lowest BCUT2D eigenvalue weighted by Crippen LogP contribution is -2.22. The molecule has 0 fully saturated rings. The van der Waals surface area contributed by atoms with Crippen LogP contribution in [-0.4, -0.2) is 5.11 Å². The van der Waals surface area contributed by atoms with Crippen LogP contribution in [0.5, 0.6) is 5.75 Å². The Bertz CT molecular complexity index is 1160. The summed E-state index contributed by atoms with van der Waals surface area (Å²) >= 11 is 6.38. The summed E-state index contributed by atoms with van der Waals surface area (Å²) in [6.45, 7) is 2.22. The fraction of sp³-hybridized carbons (Fsp3) is 0.0833. The molecule has 4 aromatic rings. The van der Waals surface area contributed by atoms with Gasteiger partial charge in [0.15, 0.2) is 0 Å². The van der Waals surface area contributed by atoms with Crippen LogP contribution in [0.3, 0.4) is 0 Å². The Kier molecular flexibility index (Phi) is 3.19. The smallest absolute Gasteiger partial charge is 0.123 e. The van der Waals surface area contributed by atoms with Gasteiger partial charge in [-0.1, -0.05) is 72.3 Å². The summed E-state index contributed by atoms with van der Waals surface area (Å²) < 4.78 is 0. The lowest BCUT2D eigenvalue weighted by molar-refractivity contribution is 0.480. The predicted octanol–water partition coefficient (Wildman–Crippen LogP) is 6.53. The first-order valence-electron chi connectivity index (χ1n) is 8.72. The Balaban J connectivity index is 1.98. The third-order valence-corrected chi connectivity index (χ3v) is 5.94. The van der Waals surface area contributed by atoms with Crippen molar-refractivity contribution in [1.82, 2.24) is 0 Å². The van der Waals surface area contributed by atoms with E-state index in [4.69, 9.17) is 11.6 Å². The first-order chi connectivity index (χ1) is 12.6. The van der Waals surface area contributed by atoms with E-state index in [1.165, 1.54) is 22.3 Å². The van der Waals surface area contributed by atoms with E-state index in [1.54, 1.807) is 0 Å². The minimum Gasteiger partial charge on any atom is -0.507 e. The number of phenolic OH excluding ortho intramolecular Hbond substituents is 1. The number of hydrogen-bond donors (Lipinski definition) is 1. The predicted molar refractivity (Wildman–Crippen MR) is 108 cm³/mol. The Hall–Kier alpha value is -2.77. The minimum absolute atomic E-state index is 0.320. The quantitative estimate of drug-likeness (QED) is 0.411. The van der Waals surface area contributed by atoms with Crippen LogP contribution in [0.15, 0.2) is 78.9 Å². The second-order valence-corrected chi connectivity index (χ2v) is 7.48. The molecule has 0 aromatic heterocycles. The van der Waals surface area contributed by atoms with Crippen molar-refractivity contribution in [2.75, 3.05) is 0 Å². The van der Waals surface area contributed by atoms with Crippen LogP contribution in [0.4, 0.5) is 0 Å². The Morgan fingerprint density at radius 2 is 1.46 bits per heavy atom. The summed E-state index contributed by atoms with van der Waals surface area (Å²) in [6.07, 6.45) is 0. The molecule has 1 unspecified atom stereocenters. The molecule has 5 rings (SSSR count). The number of aromatic hydroxyl groups is 1. The van der Waals surface area contributed by atoms with Crippen molar-refractivity contribution in [2.45, 2.75) is 12.3 Å². The van der Waals surface area contributed by atoms with Gasteiger partial charge in [0.2, 0.25) is 0 Å². The van der Waals surface area contributed by atoms with Crippen LogP contribution < -0.4 is 0 Å². The molecule has 26 heavy (non-hydrogen) atoms. The summed E-state index contributed by atoms with van der Waals surface area (Å²) in [7, 11) is 0. The van der Waals surface area contributed by atoms with Gasteiger partial charge in [-0.25, -0.2) is 0 Å². The van der Waals surface area contributed by atoms with Crippen molar-refractivity contribution in [2.24, 2.45) is 0 Å². The summed E-state index contributed by atoms with van der Waals surface area (Å²) in [5.41, 5.74) is 5.51. The minimum atomic E-state index is -0.363. The normalized spacial score (nSPS) is 17.9. The van der Waals surface area contributed by atoms with Crippen molar-refractivity contribution in [3.05, 3.63) is 101 Å². The zero-order valence-electron chi connectivity index (χ0n) is 14.3. The van der Waals surface area contributed by atoms with Crippen LogP contribution in [0.25, 0.3) is 21.9 Å². The van der Waals surface area contributed by atoms with E-state index in [2.05, 4.69) is 49.4 Å². The van der Waals surface area contributed by atoms with Crippen LogP contribution in [0.2, 0.25) is 5.02 Å². The van der Waals surface area contributed by atoms with Gasteiger partial charge in [-0.05, 0) is 58.3 Å². The highest BCUT2D eigenvalue weighted by molar-refractivity contribution is 6.30. The van der Waals surface area contributed by atoms with E-state index in [9.17, 15) is 5.11 Å². The van der Waals surface area contributed by atoms with Crippen molar-refractivity contribution in [3.63, 3.8) is 0 Å². The van der Waals surface area contributed by atoms with E-state index in [0.29, 0.717) is 5.75 Å². The summed E-state index contributed by atoms with van der Waals surface area (Å²) in [5.74, 6) is 0.320. The molecule has 0 bridgehead atoms. The molecule has 0 radical (unpaired) electrons. The molecule has 0 heterocycles. The molecule has 4 aromatic carbocycles. The number of fused-ring (bicyclic) bond motifs is 5. The average Bonchev–Trinajstić information content (AvgIpc) is 2.92. The third-order valence-electron chi connectivity index (χ3n) is 5.70. The molecule has 1 aliphatic rings. The molecule has 1 N–H and O–H groups in total. The van der Waals surface area contributed by atoms with Gasteiger partial charge in [0, 0.05) is 15.8 Å². The number of benzene rings is 4. The van der Waals surface area contributed by atoms with E-state index in [1.807, 2.05) is 36.4 Å². The highest BCUT2D eigenvalue weighted by Gasteiger charge is 2.42. The second-order valence-electron chi connectivity index (χ2n) is 7.04. The molecule has 2 heteroatoms. The average molecular weight is 357 g/mol. The molecule has 0 saturated heterocycles. The molecule has 1 aliphatic carbocycles. The lowest BCUT2D eigenvalue weighted by atomic mass is 9.74. The van der Waals surface area contributed by atoms with Crippen LogP contribution >= 0.6 is 11.6 Å². The second kappa shape index (κ2) is 5.36. The molecular formula is C24H17ClO. The molecule has 0 spiro atoms. The topological polar surface area (TPSA) is 20.2 Å². The van der Waals surface area contributed by atoms with Gasteiger partial charge in [0.25, 0.3) is 0 Å². The Labute approximate surface area is 157 Å². The molecule has 1 atom stereocenters. The maximum absolute atomic E-state index is 10.7. The first-order valence-corrected chi connectivity index (χ1v) is 9.09. The van der Waals surface area contributed by atoms with Gasteiger partial charge >= 0.3 is 0 Å². The lowest BCUT2D eigenvalue weighted by Gasteiger charge is -2.28. The number of phenols is 1. The molecule has 0 amide bonds. The molecule has 0 aliphatic heterocycles.